The fraction of sp³-hybridized carbons (Fsp3) is 0.625. The minimum absolute atomic E-state index is 0.0199. The van der Waals surface area contributed by atoms with Gasteiger partial charge >= 0.3 is 6.09 Å². The molecule has 2 fully saturated rings. The van der Waals surface area contributed by atoms with Gasteiger partial charge in [0.1, 0.15) is 30.0 Å². The number of primary amides is 2. The molecule has 260 valence electrons. The molecular formula is C32H47ClN6O8. The van der Waals surface area contributed by atoms with Crippen molar-refractivity contribution in [1.82, 2.24) is 20.4 Å². The molecule has 2 saturated heterocycles. The molecular weight excluding hydrogens is 632 g/mol. The van der Waals surface area contributed by atoms with E-state index >= 15 is 0 Å². The van der Waals surface area contributed by atoms with Crippen LogP contribution in [0.15, 0.2) is 18.2 Å². The number of nitrogens with two attached hydrogens (primary N) is 2. The summed E-state index contributed by atoms with van der Waals surface area (Å²) < 4.78 is 11.4. The first-order valence-electron chi connectivity index (χ1n) is 15.9. The second-order valence-electron chi connectivity index (χ2n) is 13.0. The van der Waals surface area contributed by atoms with E-state index in [2.05, 4.69) is 10.6 Å². The highest BCUT2D eigenvalue weighted by molar-refractivity contribution is 6.32. The fourth-order valence-corrected chi connectivity index (χ4v) is 6.07. The highest BCUT2D eigenvalue weighted by Crippen LogP contribution is 2.31. The van der Waals surface area contributed by atoms with Crippen LogP contribution in [0, 0.1) is 0 Å². The van der Waals surface area contributed by atoms with E-state index in [0.717, 1.165) is 5.56 Å². The highest BCUT2D eigenvalue weighted by Gasteiger charge is 2.45. The number of alkyl carbamates (subject to hydrolysis) is 1. The minimum atomic E-state index is -1.13. The Morgan fingerprint density at radius 2 is 1.77 bits per heavy atom. The van der Waals surface area contributed by atoms with Crippen molar-refractivity contribution in [3.05, 3.63) is 28.8 Å². The third kappa shape index (κ3) is 11.3. The molecule has 47 heavy (non-hydrogen) atoms. The fourth-order valence-electron chi connectivity index (χ4n) is 5.79. The number of halogens is 1. The number of benzene rings is 1. The summed E-state index contributed by atoms with van der Waals surface area (Å²) in [6.45, 7) is 6.73. The second-order valence-corrected chi connectivity index (χ2v) is 13.4. The molecule has 2 heterocycles. The van der Waals surface area contributed by atoms with Gasteiger partial charge < -0.3 is 41.4 Å². The third-order valence-corrected chi connectivity index (χ3v) is 8.50. The molecule has 1 aromatic carbocycles. The average molecular weight is 679 g/mol. The van der Waals surface area contributed by atoms with Gasteiger partial charge in [-0.1, -0.05) is 23.7 Å². The first-order valence-corrected chi connectivity index (χ1v) is 16.3. The molecule has 6 amide bonds. The molecule has 0 bridgehead atoms. The summed E-state index contributed by atoms with van der Waals surface area (Å²) in [5.74, 6) is -1.75. The summed E-state index contributed by atoms with van der Waals surface area (Å²) in [6, 6.07) is 2.29. The topological polar surface area (TPSA) is 203 Å². The van der Waals surface area contributed by atoms with Gasteiger partial charge in [0.15, 0.2) is 0 Å². The van der Waals surface area contributed by atoms with Crippen molar-refractivity contribution in [2.24, 2.45) is 11.5 Å². The molecule has 4 atom stereocenters. The van der Waals surface area contributed by atoms with Crippen LogP contribution >= 0.6 is 11.6 Å². The Balaban J connectivity index is 1.76. The minimum Gasteiger partial charge on any atom is -0.490 e. The van der Waals surface area contributed by atoms with Crippen LogP contribution in [-0.4, -0.2) is 94.9 Å². The first-order chi connectivity index (χ1) is 22.1. The van der Waals surface area contributed by atoms with Crippen LogP contribution in [-0.2, 0) is 35.1 Å². The number of hydrogen-bond donors (Lipinski definition) is 4. The molecule has 1 aromatic rings. The van der Waals surface area contributed by atoms with Crippen LogP contribution in [0.4, 0.5) is 4.79 Å². The normalized spacial score (nSPS) is 20.4. The molecule has 0 spiro atoms. The molecule has 0 aromatic heterocycles. The highest BCUT2D eigenvalue weighted by atomic mass is 35.5. The van der Waals surface area contributed by atoms with Gasteiger partial charge in [-0.05, 0) is 70.9 Å². The maximum atomic E-state index is 14.0. The van der Waals surface area contributed by atoms with E-state index in [1.807, 2.05) is 6.07 Å². The number of aryl methyl sites for hydroxylation is 1. The van der Waals surface area contributed by atoms with Crippen molar-refractivity contribution in [3.8, 4) is 5.75 Å². The number of nitrogens with zero attached hydrogens (tertiary/aromatic N) is 2. The molecule has 6 N–H and O–H groups in total. The molecule has 3 rings (SSSR count). The molecule has 15 heteroatoms. The number of rotatable bonds is 13. The summed E-state index contributed by atoms with van der Waals surface area (Å²) in [4.78, 5) is 78.5. The van der Waals surface area contributed by atoms with Crippen molar-refractivity contribution in [1.29, 1.82) is 0 Å². The predicted octanol–water partition coefficient (Wildman–Crippen LogP) is 1.78. The Hall–Kier alpha value is -4.07. The molecule has 0 unspecified atom stereocenters. The largest absolute Gasteiger partial charge is 0.490 e. The molecule has 0 saturated carbocycles. The van der Waals surface area contributed by atoms with Crippen LogP contribution in [0.3, 0.4) is 0 Å². The average Bonchev–Trinajstić information content (AvgIpc) is 3.38. The van der Waals surface area contributed by atoms with E-state index in [9.17, 15) is 28.8 Å². The van der Waals surface area contributed by atoms with Crippen LogP contribution in [0.2, 0.25) is 5.02 Å². The van der Waals surface area contributed by atoms with Crippen LogP contribution in [0.5, 0.6) is 5.75 Å². The summed E-state index contributed by atoms with van der Waals surface area (Å²) in [7, 11) is 0. The van der Waals surface area contributed by atoms with Gasteiger partial charge in [-0.2, -0.15) is 0 Å². The van der Waals surface area contributed by atoms with Crippen molar-refractivity contribution in [2.45, 2.75) is 109 Å². The number of carbonyl (C=O) groups excluding carboxylic acids is 6. The first kappa shape index (κ1) is 37.4. The van der Waals surface area contributed by atoms with Crippen LogP contribution in [0.1, 0.15) is 78.2 Å². The third-order valence-electron chi connectivity index (χ3n) is 8.07. The lowest BCUT2D eigenvalue weighted by Gasteiger charge is -2.38. The molecule has 14 nitrogen and oxygen atoms in total. The van der Waals surface area contributed by atoms with Crippen molar-refractivity contribution >= 4 is 47.2 Å². The van der Waals surface area contributed by atoms with E-state index in [4.69, 9.17) is 32.5 Å². The van der Waals surface area contributed by atoms with E-state index in [0.29, 0.717) is 49.4 Å². The molecule has 2 aliphatic rings. The number of amides is 6. The Morgan fingerprint density at radius 1 is 1.06 bits per heavy atom. The maximum absolute atomic E-state index is 14.0. The Bertz CT molecular complexity index is 1330. The zero-order valence-corrected chi connectivity index (χ0v) is 28.3. The number of carbonyl (C=O) groups is 6. The molecule has 0 aliphatic carbocycles. The number of hydrogen-bond acceptors (Lipinski definition) is 8. The van der Waals surface area contributed by atoms with E-state index < -0.39 is 53.4 Å². The summed E-state index contributed by atoms with van der Waals surface area (Å²) in [5.41, 5.74) is 10.6. The smallest absolute Gasteiger partial charge is 0.408 e. The van der Waals surface area contributed by atoms with Gasteiger partial charge in [0.05, 0.1) is 17.6 Å². The zero-order valence-electron chi connectivity index (χ0n) is 27.5. The SMILES string of the molecule is CC(=O)N1CC[C@H]2CC[C@@H](C(=O)N[C@@H](CCC(N)=O)COc3cccc(CCCC(N)=O)c3Cl)N2C(=O)[C@@H](NC(=O)OC(C)(C)C)C1. The van der Waals surface area contributed by atoms with Crippen molar-refractivity contribution < 1.29 is 38.2 Å². The van der Waals surface area contributed by atoms with E-state index in [1.54, 1.807) is 32.9 Å². The van der Waals surface area contributed by atoms with Gasteiger partial charge in [0.25, 0.3) is 0 Å². The second kappa shape index (κ2) is 16.7. The standard InChI is InChI=1S/C32H47ClN6O8/c1-19(40)38-16-15-22-12-13-24(39(22)30(44)23(17-38)37-31(45)47-32(2,3)4)29(43)36-21(11-14-27(35)42)18-46-25-9-5-7-20(28(25)33)8-6-10-26(34)41/h5,7,9,21-24H,6,8,10-18H2,1-4H3,(H2,34,41)(H2,35,42)(H,36,43)(H,37,45)/t21-,22+,23-,24-/m0/s1. The Kier molecular flexibility index (Phi) is 13.3. The van der Waals surface area contributed by atoms with Crippen molar-refractivity contribution in [2.75, 3.05) is 19.7 Å². The lowest BCUT2D eigenvalue weighted by molar-refractivity contribution is -0.145. The van der Waals surface area contributed by atoms with Crippen molar-refractivity contribution in [3.63, 3.8) is 0 Å². The molecule has 0 radical (unpaired) electrons. The summed E-state index contributed by atoms with van der Waals surface area (Å²) in [5, 5.41) is 5.90. The predicted molar refractivity (Wildman–Crippen MR) is 173 cm³/mol. The van der Waals surface area contributed by atoms with Gasteiger partial charge in [-0.15, -0.1) is 0 Å². The van der Waals surface area contributed by atoms with Gasteiger partial charge in [0.2, 0.25) is 29.5 Å². The number of ether oxygens (including phenoxy) is 2. The maximum Gasteiger partial charge on any atom is 0.408 e. The number of nitrogens with one attached hydrogen (secondary N) is 2. The summed E-state index contributed by atoms with van der Waals surface area (Å²) >= 11 is 6.57. The Labute approximate surface area is 280 Å². The summed E-state index contributed by atoms with van der Waals surface area (Å²) in [6.07, 6.45) is 1.96. The van der Waals surface area contributed by atoms with E-state index in [1.165, 1.54) is 16.7 Å². The zero-order chi connectivity index (χ0) is 34.9. The monoisotopic (exact) mass is 678 g/mol. The quantitative estimate of drug-likeness (QED) is 0.242. The lowest BCUT2D eigenvalue weighted by atomic mass is 10.1. The van der Waals surface area contributed by atoms with Crippen LogP contribution < -0.4 is 26.8 Å². The van der Waals surface area contributed by atoms with Crippen LogP contribution in [0.25, 0.3) is 0 Å². The lowest BCUT2D eigenvalue weighted by Crippen LogP contribution is -2.61. The van der Waals surface area contributed by atoms with Gasteiger partial charge in [-0.3, -0.25) is 24.0 Å². The van der Waals surface area contributed by atoms with Gasteiger partial charge in [0, 0.05) is 32.4 Å². The number of fused-ring (bicyclic) bond motifs is 1. The van der Waals surface area contributed by atoms with E-state index in [-0.39, 0.29) is 44.4 Å². The molecule has 2 aliphatic heterocycles. The van der Waals surface area contributed by atoms with Gasteiger partial charge in [-0.25, -0.2) is 4.79 Å². The Morgan fingerprint density at radius 3 is 2.40 bits per heavy atom.